The lowest BCUT2D eigenvalue weighted by Gasteiger charge is -2.11. The normalized spacial score (nSPS) is 11.2. The average Bonchev–Trinajstić information content (AvgIpc) is 2.75. The molecule has 6 heteroatoms. The molecule has 0 amide bonds. The molecule has 1 N–H and O–H groups in total. The van der Waals surface area contributed by atoms with Crippen LogP contribution in [0.1, 0.15) is 25.7 Å². The lowest BCUT2D eigenvalue weighted by Crippen LogP contribution is -2.03. The lowest BCUT2D eigenvalue weighted by atomic mass is 10.3. The summed E-state index contributed by atoms with van der Waals surface area (Å²) in [6.07, 6.45) is 4.98. The van der Waals surface area contributed by atoms with Gasteiger partial charge in [0, 0.05) is 18.3 Å². The van der Waals surface area contributed by atoms with E-state index in [0.717, 1.165) is 28.5 Å². The molecule has 3 aromatic heterocycles. The molecule has 20 heavy (non-hydrogen) atoms. The van der Waals surface area contributed by atoms with Gasteiger partial charge in [0.05, 0.1) is 11.7 Å². The third kappa shape index (κ3) is 2.20. The van der Waals surface area contributed by atoms with Gasteiger partial charge in [-0.3, -0.25) is 0 Å². The number of anilines is 2. The zero-order valence-corrected chi connectivity index (χ0v) is 11.7. The molecule has 0 aromatic carbocycles. The molecule has 0 saturated heterocycles. The van der Waals surface area contributed by atoms with Crippen LogP contribution in [0.3, 0.4) is 0 Å². The van der Waals surface area contributed by atoms with E-state index in [1.165, 1.54) is 6.33 Å². The van der Waals surface area contributed by atoms with Gasteiger partial charge in [-0.15, -0.1) is 0 Å². The van der Waals surface area contributed by atoms with Gasteiger partial charge in [0.15, 0.2) is 0 Å². The van der Waals surface area contributed by atoms with Gasteiger partial charge < -0.3 is 9.88 Å². The van der Waals surface area contributed by atoms with E-state index in [9.17, 15) is 0 Å². The zero-order chi connectivity index (χ0) is 14.1. The van der Waals surface area contributed by atoms with E-state index < -0.39 is 0 Å². The van der Waals surface area contributed by atoms with Crippen molar-refractivity contribution in [2.75, 3.05) is 5.32 Å². The third-order valence-electron chi connectivity index (χ3n) is 3.11. The minimum Gasteiger partial charge on any atom is -0.326 e. The molecular formula is C14H16N6. The molecule has 0 aliphatic rings. The SMILES string of the molecule is Cc1nc2cnc(Nc3ccncn3)cc2n1C(C)C. The van der Waals surface area contributed by atoms with Crippen LogP contribution in [0.5, 0.6) is 0 Å². The Balaban J connectivity index is 2.03. The van der Waals surface area contributed by atoms with Crippen LogP contribution < -0.4 is 5.32 Å². The van der Waals surface area contributed by atoms with Gasteiger partial charge in [0.25, 0.3) is 0 Å². The Morgan fingerprint density at radius 2 is 2.05 bits per heavy atom. The first kappa shape index (κ1) is 12.5. The second-order valence-electron chi connectivity index (χ2n) is 4.90. The quantitative estimate of drug-likeness (QED) is 0.791. The number of hydrogen-bond donors (Lipinski definition) is 1. The fraction of sp³-hybridized carbons (Fsp3) is 0.286. The Kier molecular flexibility index (Phi) is 3.06. The molecule has 6 nitrogen and oxygen atoms in total. The van der Waals surface area contributed by atoms with E-state index >= 15 is 0 Å². The molecule has 3 rings (SSSR count). The average molecular weight is 268 g/mol. The second-order valence-corrected chi connectivity index (χ2v) is 4.90. The molecule has 0 spiro atoms. The number of aromatic nitrogens is 5. The molecule has 0 unspecified atom stereocenters. The van der Waals surface area contributed by atoms with Crippen LogP contribution in [0.2, 0.25) is 0 Å². The van der Waals surface area contributed by atoms with E-state index in [1.807, 2.05) is 13.0 Å². The Hall–Kier alpha value is -2.50. The van der Waals surface area contributed by atoms with Crippen molar-refractivity contribution in [2.45, 2.75) is 26.8 Å². The van der Waals surface area contributed by atoms with Crippen LogP contribution in [0, 0.1) is 6.92 Å². The molecule has 3 heterocycles. The molecular weight excluding hydrogens is 252 g/mol. The highest BCUT2D eigenvalue weighted by molar-refractivity contribution is 5.79. The second kappa shape index (κ2) is 4.88. The summed E-state index contributed by atoms with van der Waals surface area (Å²) in [5.74, 6) is 2.47. The summed E-state index contributed by atoms with van der Waals surface area (Å²) in [5.41, 5.74) is 1.98. The Bertz CT molecular complexity index is 732. The molecule has 0 fully saturated rings. The highest BCUT2D eigenvalue weighted by atomic mass is 15.1. The van der Waals surface area contributed by atoms with Crippen LogP contribution in [-0.2, 0) is 0 Å². The van der Waals surface area contributed by atoms with Crippen molar-refractivity contribution >= 4 is 22.7 Å². The minimum atomic E-state index is 0.356. The summed E-state index contributed by atoms with van der Waals surface area (Å²) < 4.78 is 2.20. The first-order chi connectivity index (χ1) is 9.65. The summed E-state index contributed by atoms with van der Waals surface area (Å²) in [7, 11) is 0. The van der Waals surface area contributed by atoms with Crippen LogP contribution >= 0.6 is 0 Å². The number of imidazole rings is 1. The maximum absolute atomic E-state index is 4.53. The van der Waals surface area contributed by atoms with E-state index in [1.54, 1.807) is 18.5 Å². The van der Waals surface area contributed by atoms with Gasteiger partial charge in [-0.05, 0) is 26.8 Å². The number of hydrogen-bond acceptors (Lipinski definition) is 5. The van der Waals surface area contributed by atoms with Crippen LogP contribution in [0.25, 0.3) is 11.0 Å². The molecule has 102 valence electrons. The summed E-state index contributed by atoms with van der Waals surface area (Å²) in [6.45, 7) is 6.30. The van der Waals surface area contributed by atoms with Crippen molar-refractivity contribution in [3.05, 3.63) is 36.7 Å². The van der Waals surface area contributed by atoms with Crippen LogP contribution in [0.15, 0.2) is 30.9 Å². The number of fused-ring (bicyclic) bond motifs is 1. The maximum Gasteiger partial charge on any atom is 0.134 e. The number of pyridine rings is 1. The van der Waals surface area contributed by atoms with Crippen molar-refractivity contribution in [1.82, 2.24) is 24.5 Å². The predicted octanol–water partition coefficient (Wildman–Crippen LogP) is 2.85. The highest BCUT2D eigenvalue weighted by Gasteiger charge is 2.11. The standard InChI is InChI=1S/C14H16N6/c1-9(2)20-10(3)18-11-7-16-14(6-12(11)20)19-13-4-5-15-8-17-13/h4-9H,1-3H3,(H,15,16,17,19). The molecule has 0 aliphatic carbocycles. The molecule has 0 radical (unpaired) electrons. The van der Waals surface area contributed by atoms with Crippen molar-refractivity contribution < 1.29 is 0 Å². The van der Waals surface area contributed by atoms with E-state index in [2.05, 4.69) is 43.7 Å². The number of nitrogens with one attached hydrogen (secondary N) is 1. The molecule has 0 aliphatic heterocycles. The summed E-state index contributed by atoms with van der Waals surface area (Å²) in [4.78, 5) is 16.9. The lowest BCUT2D eigenvalue weighted by molar-refractivity contribution is 0.600. The van der Waals surface area contributed by atoms with Gasteiger partial charge in [-0.1, -0.05) is 0 Å². The number of rotatable bonds is 3. The minimum absolute atomic E-state index is 0.356. The Morgan fingerprint density at radius 1 is 1.20 bits per heavy atom. The van der Waals surface area contributed by atoms with Gasteiger partial charge in [-0.2, -0.15) is 0 Å². The largest absolute Gasteiger partial charge is 0.326 e. The van der Waals surface area contributed by atoms with Gasteiger partial charge in [0.1, 0.15) is 29.3 Å². The van der Waals surface area contributed by atoms with E-state index in [4.69, 9.17) is 0 Å². The summed E-state index contributed by atoms with van der Waals surface area (Å²) in [6, 6.07) is 4.16. The number of aryl methyl sites for hydroxylation is 1. The fourth-order valence-electron chi connectivity index (χ4n) is 2.34. The van der Waals surface area contributed by atoms with E-state index in [-0.39, 0.29) is 0 Å². The molecule has 0 saturated carbocycles. The van der Waals surface area contributed by atoms with Crippen LogP contribution in [-0.4, -0.2) is 24.5 Å². The van der Waals surface area contributed by atoms with Crippen LogP contribution in [0.4, 0.5) is 11.6 Å². The van der Waals surface area contributed by atoms with Gasteiger partial charge in [-0.25, -0.2) is 19.9 Å². The highest BCUT2D eigenvalue weighted by Crippen LogP contribution is 2.23. The summed E-state index contributed by atoms with van der Waals surface area (Å²) >= 11 is 0. The first-order valence-electron chi connectivity index (χ1n) is 6.53. The van der Waals surface area contributed by atoms with Crippen molar-refractivity contribution in [1.29, 1.82) is 0 Å². The number of nitrogens with zero attached hydrogens (tertiary/aromatic N) is 5. The molecule has 0 atom stereocenters. The topological polar surface area (TPSA) is 68.5 Å². The first-order valence-corrected chi connectivity index (χ1v) is 6.53. The van der Waals surface area contributed by atoms with E-state index in [0.29, 0.717) is 6.04 Å². The van der Waals surface area contributed by atoms with Crippen molar-refractivity contribution in [3.8, 4) is 0 Å². The maximum atomic E-state index is 4.53. The predicted molar refractivity (Wildman–Crippen MR) is 78.0 cm³/mol. The zero-order valence-electron chi connectivity index (χ0n) is 11.7. The summed E-state index contributed by atoms with van der Waals surface area (Å²) in [5, 5.41) is 3.17. The Labute approximate surface area is 116 Å². The van der Waals surface area contributed by atoms with Crippen molar-refractivity contribution in [3.63, 3.8) is 0 Å². The monoisotopic (exact) mass is 268 g/mol. The Morgan fingerprint density at radius 3 is 2.75 bits per heavy atom. The molecule has 3 aromatic rings. The van der Waals surface area contributed by atoms with Gasteiger partial charge in [0.2, 0.25) is 0 Å². The smallest absolute Gasteiger partial charge is 0.134 e. The molecule has 0 bridgehead atoms. The fourth-order valence-corrected chi connectivity index (χ4v) is 2.34. The van der Waals surface area contributed by atoms with Crippen molar-refractivity contribution in [2.24, 2.45) is 0 Å². The third-order valence-corrected chi connectivity index (χ3v) is 3.11. The van der Waals surface area contributed by atoms with Gasteiger partial charge >= 0.3 is 0 Å².